The van der Waals surface area contributed by atoms with Crippen LogP contribution in [-0.4, -0.2) is 27.9 Å². The summed E-state index contributed by atoms with van der Waals surface area (Å²) >= 11 is 1.24. The molecule has 1 aromatic carbocycles. The van der Waals surface area contributed by atoms with Crippen LogP contribution in [-0.2, 0) is 4.79 Å². The van der Waals surface area contributed by atoms with Gasteiger partial charge in [0.05, 0.1) is 17.1 Å². The molecule has 7 heteroatoms. The molecule has 3 aromatic rings. The first kappa shape index (κ1) is 18.3. The van der Waals surface area contributed by atoms with Crippen molar-refractivity contribution < 1.29 is 13.6 Å². The van der Waals surface area contributed by atoms with Crippen molar-refractivity contribution in [3.63, 3.8) is 0 Å². The zero-order chi connectivity index (χ0) is 18.5. The van der Waals surface area contributed by atoms with Gasteiger partial charge in [-0.25, -0.2) is 0 Å². The van der Waals surface area contributed by atoms with Crippen LogP contribution in [0.4, 0.5) is 0 Å². The number of furan rings is 1. The molecule has 2 aromatic heterocycles. The molecule has 0 unspecified atom stereocenters. The van der Waals surface area contributed by atoms with Gasteiger partial charge in [0, 0.05) is 6.54 Å². The first-order chi connectivity index (χ1) is 12.5. The number of amides is 1. The Morgan fingerprint density at radius 2 is 1.96 bits per heavy atom. The van der Waals surface area contributed by atoms with Crippen molar-refractivity contribution in [1.82, 2.24) is 15.5 Å². The van der Waals surface area contributed by atoms with Gasteiger partial charge in [0.15, 0.2) is 0 Å². The van der Waals surface area contributed by atoms with E-state index >= 15 is 0 Å². The van der Waals surface area contributed by atoms with Gasteiger partial charge >= 0.3 is 0 Å². The molecular weight excluding hydrogens is 350 g/mol. The Labute approximate surface area is 156 Å². The standard InChI is InChI=1S/C19H21N3O3S/c1-12(15-7-5-4-6-8-15)11-20-17(23)14(3)26-19-22-21-18(25-19)16-9-10-24-13(16)2/h4-10,12,14H,11H2,1-3H3,(H,20,23)/t12-,14+/m0/s1. The van der Waals surface area contributed by atoms with Crippen molar-refractivity contribution in [2.45, 2.75) is 37.2 Å². The van der Waals surface area contributed by atoms with Gasteiger partial charge in [0.1, 0.15) is 5.76 Å². The predicted octanol–water partition coefficient (Wildman–Crippen LogP) is 4.04. The van der Waals surface area contributed by atoms with Crippen molar-refractivity contribution in [3.8, 4) is 11.5 Å². The fraction of sp³-hybridized carbons (Fsp3) is 0.316. The monoisotopic (exact) mass is 371 g/mol. The molecule has 1 amide bonds. The molecule has 3 rings (SSSR count). The van der Waals surface area contributed by atoms with Gasteiger partial charge < -0.3 is 14.2 Å². The Hall–Kier alpha value is -2.54. The van der Waals surface area contributed by atoms with Crippen LogP contribution in [0.15, 0.2) is 56.7 Å². The number of carbonyl (C=O) groups excluding carboxylic acids is 1. The molecule has 0 fully saturated rings. The second kappa shape index (κ2) is 8.23. The van der Waals surface area contributed by atoms with E-state index in [9.17, 15) is 4.79 Å². The zero-order valence-corrected chi connectivity index (χ0v) is 15.7. The second-order valence-corrected chi connectivity index (χ2v) is 7.37. The Morgan fingerprint density at radius 3 is 2.65 bits per heavy atom. The third-order valence-corrected chi connectivity index (χ3v) is 5.03. The number of nitrogens with zero attached hydrogens (tertiary/aromatic N) is 2. The number of carbonyl (C=O) groups is 1. The maximum Gasteiger partial charge on any atom is 0.277 e. The summed E-state index contributed by atoms with van der Waals surface area (Å²) in [5.74, 6) is 1.29. The number of aryl methyl sites for hydroxylation is 1. The molecule has 0 saturated heterocycles. The van der Waals surface area contributed by atoms with Crippen molar-refractivity contribution in [2.75, 3.05) is 6.54 Å². The summed E-state index contributed by atoms with van der Waals surface area (Å²) in [6.45, 7) is 6.32. The lowest BCUT2D eigenvalue weighted by molar-refractivity contribution is -0.120. The summed E-state index contributed by atoms with van der Waals surface area (Å²) in [4.78, 5) is 12.3. The van der Waals surface area contributed by atoms with E-state index in [2.05, 4.69) is 34.6 Å². The van der Waals surface area contributed by atoms with Crippen molar-refractivity contribution in [3.05, 3.63) is 54.0 Å². The lowest BCUT2D eigenvalue weighted by Crippen LogP contribution is -2.33. The van der Waals surface area contributed by atoms with Crippen molar-refractivity contribution >= 4 is 17.7 Å². The summed E-state index contributed by atoms with van der Waals surface area (Å²) in [6, 6.07) is 11.9. The third-order valence-electron chi connectivity index (χ3n) is 4.09. The van der Waals surface area contributed by atoms with Gasteiger partial charge in [-0.3, -0.25) is 4.79 Å². The highest BCUT2D eigenvalue weighted by Crippen LogP contribution is 2.28. The molecule has 0 aliphatic carbocycles. The largest absolute Gasteiger partial charge is 0.469 e. The number of thioether (sulfide) groups is 1. The van der Waals surface area contributed by atoms with Crippen LogP contribution < -0.4 is 5.32 Å². The van der Waals surface area contributed by atoms with E-state index < -0.39 is 0 Å². The van der Waals surface area contributed by atoms with Crippen LogP contribution in [0.2, 0.25) is 0 Å². The molecule has 0 aliphatic rings. The van der Waals surface area contributed by atoms with Crippen LogP contribution in [0.25, 0.3) is 11.5 Å². The van der Waals surface area contributed by atoms with E-state index in [4.69, 9.17) is 8.83 Å². The molecule has 0 saturated carbocycles. The Morgan fingerprint density at radius 1 is 1.19 bits per heavy atom. The number of hydrogen-bond acceptors (Lipinski definition) is 6. The minimum atomic E-state index is -0.336. The second-order valence-electron chi connectivity index (χ2n) is 6.08. The first-order valence-corrected chi connectivity index (χ1v) is 9.30. The quantitative estimate of drug-likeness (QED) is 0.631. The van der Waals surface area contributed by atoms with Crippen LogP contribution in [0, 0.1) is 6.92 Å². The molecule has 0 bridgehead atoms. The molecule has 6 nitrogen and oxygen atoms in total. The third kappa shape index (κ3) is 4.35. The lowest BCUT2D eigenvalue weighted by Gasteiger charge is -2.15. The first-order valence-electron chi connectivity index (χ1n) is 8.42. The molecule has 26 heavy (non-hydrogen) atoms. The average Bonchev–Trinajstić information content (AvgIpc) is 3.28. The number of benzene rings is 1. The lowest BCUT2D eigenvalue weighted by atomic mass is 10.0. The molecule has 2 atom stereocenters. The minimum absolute atomic E-state index is 0.0583. The number of hydrogen-bond donors (Lipinski definition) is 1. The summed E-state index contributed by atoms with van der Waals surface area (Å²) in [5.41, 5.74) is 1.96. The maximum absolute atomic E-state index is 12.3. The molecule has 0 radical (unpaired) electrons. The average molecular weight is 371 g/mol. The van der Waals surface area contributed by atoms with Gasteiger partial charge in [-0.1, -0.05) is 49.0 Å². The van der Waals surface area contributed by atoms with Crippen LogP contribution in [0.3, 0.4) is 0 Å². The van der Waals surface area contributed by atoms with E-state index in [1.165, 1.54) is 17.3 Å². The van der Waals surface area contributed by atoms with E-state index in [0.29, 0.717) is 23.4 Å². The van der Waals surface area contributed by atoms with Gasteiger partial charge in [-0.05, 0) is 31.4 Å². The highest BCUT2D eigenvalue weighted by Gasteiger charge is 2.20. The predicted molar refractivity (Wildman–Crippen MR) is 99.9 cm³/mol. The smallest absolute Gasteiger partial charge is 0.277 e. The summed E-state index contributed by atoms with van der Waals surface area (Å²) in [5, 5.41) is 11.0. The molecule has 136 valence electrons. The van der Waals surface area contributed by atoms with Gasteiger partial charge in [0.25, 0.3) is 11.1 Å². The van der Waals surface area contributed by atoms with Crippen LogP contribution >= 0.6 is 11.8 Å². The fourth-order valence-electron chi connectivity index (χ4n) is 2.47. The highest BCUT2D eigenvalue weighted by molar-refractivity contribution is 8.00. The number of rotatable bonds is 7. The fourth-order valence-corrected chi connectivity index (χ4v) is 3.18. The van der Waals surface area contributed by atoms with E-state index in [1.807, 2.05) is 32.0 Å². The number of aromatic nitrogens is 2. The molecule has 0 aliphatic heterocycles. The zero-order valence-electron chi connectivity index (χ0n) is 14.9. The summed E-state index contributed by atoms with van der Waals surface area (Å²) < 4.78 is 10.9. The van der Waals surface area contributed by atoms with Crippen LogP contribution in [0.1, 0.15) is 31.1 Å². The maximum atomic E-state index is 12.3. The topological polar surface area (TPSA) is 81.2 Å². The normalized spacial score (nSPS) is 13.3. The highest BCUT2D eigenvalue weighted by atomic mass is 32.2. The minimum Gasteiger partial charge on any atom is -0.469 e. The van der Waals surface area contributed by atoms with Crippen LogP contribution in [0.5, 0.6) is 0 Å². The summed E-state index contributed by atoms with van der Waals surface area (Å²) in [7, 11) is 0. The van der Waals surface area contributed by atoms with Crippen molar-refractivity contribution in [2.24, 2.45) is 0 Å². The van der Waals surface area contributed by atoms with E-state index in [1.54, 1.807) is 12.3 Å². The van der Waals surface area contributed by atoms with E-state index in [-0.39, 0.29) is 17.1 Å². The Kier molecular flexibility index (Phi) is 5.78. The van der Waals surface area contributed by atoms with Gasteiger partial charge in [0.2, 0.25) is 5.91 Å². The molecule has 0 spiro atoms. The van der Waals surface area contributed by atoms with Crippen molar-refractivity contribution in [1.29, 1.82) is 0 Å². The molecule has 1 N–H and O–H groups in total. The molecular formula is C19H21N3O3S. The SMILES string of the molecule is Cc1occc1-c1nnc(S[C@H](C)C(=O)NC[C@H](C)c2ccccc2)o1. The Bertz CT molecular complexity index is 860. The summed E-state index contributed by atoms with van der Waals surface area (Å²) in [6.07, 6.45) is 1.58. The Balaban J connectivity index is 1.53. The number of nitrogens with one attached hydrogen (secondary N) is 1. The van der Waals surface area contributed by atoms with E-state index in [0.717, 1.165) is 5.56 Å². The van der Waals surface area contributed by atoms with Gasteiger partial charge in [-0.2, -0.15) is 0 Å². The van der Waals surface area contributed by atoms with Gasteiger partial charge in [-0.15, -0.1) is 10.2 Å². The molecule has 2 heterocycles.